The molecule has 2 aromatic rings. The SMILES string of the molecule is CCCNC(Cc1ccncc1)c1ccc(OC)nn1. The van der Waals surface area contributed by atoms with Crippen molar-refractivity contribution in [1.82, 2.24) is 20.5 Å². The number of ether oxygens (including phenoxy) is 1. The average molecular weight is 272 g/mol. The monoisotopic (exact) mass is 272 g/mol. The molecule has 1 unspecified atom stereocenters. The Morgan fingerprint density at radius 2 is 1.95 bits per heavy atom. The predicted molar refractivity (Wildman–Crippen MR) is 77.6 cm³/mol. The molecule has 2 aromatic heterocycles. The van der Waals surface area contributed by atoms with E-state index in [4.69, 9.17) is 4.74 Å². The lowest BCUT2D eigenvalue weighted by Crippen LogP contribution is -2.25. The third-order valence-corrected chi connectivity index (χ3v) is 3.06. The summed E-state index contributed by atoms with van der Waals surface area (Å²) >= 11 is 0. The van der Waals surface area contributed by atoms with Crippen LogP contribution >= 0.6 is 0 Å². The Bertz CT molecular complexity index is 501. The van der Waals surface area contributed by atoms with Crippen molar-refractivity contribution < 1.29 is 4.74 Å². The molecule has 0 aliphatic carbocycles. The fourth-order valence-corrected chi connectivity index (χ4v) is 1.98. The van der Waals surface area contributed by atoms with Crippen LogP contribution in [0.15, 0.2) is 36.7 Å². The highest BCUT2D eigenvalue weighted by atomic mass is 16.5. The summed E-state index contributed by atoms with van der Waals surface area (Å²) in [7, 11) is 1.59. The van der Waals surface area contributed by atoms with Gasteiger partial charge in [0, 0.05) is 18.5 Å². The van der Waals surface area contributed by atoms with E-state index in [2.05, 4.69) is 27.4 Å². The Balaban J connectivity index is 2.13. The third kappa shape index (κ3) is 3.99. The van der Waals surface area contributed by atoms with Gasteiger partial charge in [0.05, 0.1) is 18.8 Å². The molecule has 0 fully saturated rings. The lowest BCUT2D eigenvalue weighted by molar-refractivity contribution is 0.389. The second-order valence-electron chi connectivity index (χ2n) is 4.57. The number of hydrogen-bond acceptors (Lipinski definition) is 5. The summed E-state index contributed by atoms with van der Waals surface area (Å²) in [6.45, 7) is 3.10. The Kier molecular flexibility index (Phi) is 5.43. The fraction of sp³-hybridized carbons (Fsp3) is 0.400. The van der Waals surface area contributed by atoms with Gasteiger partial charge in [-0.05, 0) is 43.1 Å². The molecule has 0 aliphatic rings. The maximum atomic E-state index is 5.05. The minimum atomic E-state index is 0.149. The van der Waals surface area contributed by atoms with Gasteiger partial charge in [-0.3, -0.25) is 4.98 Å². The van der Waals surface area contributed by atoms with Crippen molar-refractivity contribution in [1.29, 1.82) is 0 Å². The van der Waals surface area contributed by atoms with Gasteiger partial charge in [-0.25, -0.2) is 0 Å². The van der Waals surface area contributed by atoms with Gasteiger partial charge in [-0.15, -0.1) is 5.10 Å². The van der Waals surface area contributed by atoms with Crippen LogP contribution in [0.2, 0.25) is 0 Å². The van der Waals surface area contributed by atoms with Crippen molar-refractivity contribution in [3.63, 3.8) is 0 Å². The Morgan fingerprint density at radius 1 is 1.15 bits per heavy atom. The van der Waals surface area contributed by atoms with Gasteiger partial charge >= 0.3 is 0 Å². The molecule has 0 aliphatic heterocycles. The number of aromatic nitrogens is 3. The molecule has 1 atom stereocenters. The molecule has 0 radical (unpaired) electrons. The van der Waals surface area contributed by atoms with Crippen molar-refractivity contribution in [2.24, 2.45) is 0 Å². The van der Waals surface area contributed by atoms with Crippen LogP contribution in [0.4, 0.5) is 0 Å². The summed E-state index contributed by atoms with van der Waals surface area (Å²) in [5, 5.41) is 11.8. The number of hydrogen-bond donors (Lipinski definition) is 1. The third-order valence-electron chi connectivity index (χ3n) is 3.06. The predicted octanol–water partition coefficient (Wildman–Crippen LogP) is 2.16. The standard InChI is InChI=1S/C15H20N4O/c1-3-8-17-14(11-12-6-9-16-10-7-12)13-4-5-15(20-2)19-18-13/h4-7,9-10,14,17H,3,8,11H2,1-2H3. The van der Waals surface area contributed by atoms with Gasteiger partial charge in [0.25, 0.3) is 0 Å². The Morgan fingerprint density at radius 3 is 2.55 bits per heavy atom. The maximum absolute atomic E-state index is 5.05. The van der Waals surface area contributed by atoms with Crippen molar-refractivity contribution in [2.45, 2.75) is 25.8 Å². The van der Waals surface area contributed by atoms with E-state index in [1.807, 2.05) is 36.7 Å². The second-order valence-corrected chi connectivity index (χ2v) is 4.57. The van der Waals surface area contributed by atoms with Crippen molar-refractivity contribution in [3.05, 3.63) is 47.9 Å². The summed E-state index contributed by atoms with van der Waals surface area (Å²) in [5.74, 6) is 0.534. The molecule has 0 spiro atoms. The first kappa shape index (κ1) is 14.4. The first-order chi connectivity index (χ1) is 9.83. The molecule has 5 nitrogen and oxygen atoms in total. The van der Waals surface area contributed by atoms with Crippen LogP contribution in [-0.2, 0) is 6.42 Å². The first-order valence-corrected chi connectivity index (χ1v) is 6.83. The maximum Gasteiger partial charge on any atom is 0.233 e. The molecule has 0 bridgehead atoms. The molecule has 1 N–H and O–H groups in total. The molecule has 106 valence electrons. The first-order valence-electron chi connectivity index (χ1n) is 6.83. The highest BCUT2D eigenvalue weighted by Crippen LogP contribution is 2.17. The van der Waals surface area contributed by atoms with E-state index < -0.39 is 0 Å². The normalized spacial score (nSPS) is 12.1. The fourth-order valence-electron chi connectivity index (χ4n) is 1.98. The summed E-state index contributed by atoms with van der Waals surface area (Å²) in [6.07, 6.45) is 5.57. The van der Waals surface area contributed by atoms with Gasteiger partial charge in [0.1, 0.15) is 0 Å². The molecule has 5 heteroatoms. The lowest BCUT2D eigenvalue weighted by atomic mass is 10.0. The second kappa shape index (κ2) is 7.55. The van der Waals surface area contributed by atoms with Crippen LogP contribution < -0.4 is 10.1 Å². The number of rotatable bonds is 7. The Hall–Kier alpha value is -2.01. The zero-order valence-electron chi connectivity index (χ0n) is 11.9. The number of nitrogens with one attached hydrogen (secondary N) is 1. The number of methoxy groups -OCH3 is 1. The molecular weight excluding hydrogens is 252 g/mol. The van der Waals surface area contributed by atoms with E-state index in [-0.39, 0.29) is 6.04 Å². The van der Waals surface area contributed by atoms with Crippen molar-refractivity contribution in [3.8, 4) is 5.88 Å². The average Bonchev–Trinajstić information content (AvgIpc) is 2.52. The van der Waals surface area contributed by atoms with Gasteiger partial charge in [-0.2, -0.15) is 5.10 Å². The molecular formula is C15H20N4O. The summed E-state index contributed by atoms with van der Waals surface area (Å²) in [4.78, 5) is 4.05. The molecule has 2 heterocycles. The zero-order valence-corrected chi connectivity index (χ0v) is 11.9. The van der Waals surface area contributed by atoms with E-state index in [0.29, 0.717) is 5.88 Å². The van der Waals surface area contributed by atoms with E-state index in [9.17, 15) is 0 Å². The summed E-state index contributed by atoms with van der Waals surface area (Å²) in [6, 6.07) is 8.00. The number of nitrogens with zero attached hydrogens (tertiary/aromatic N) is 3. The van der Waals surface area contributed by atoms with Crippen molar-refractivity contribution >= 4 is 0 Å². The zero-order chi connectivity index (χ0) is 14.2. The molecule has 0 amide bonds. The molecule has 0 saturated carbocycles. The lowest BCUT2D eigenvalue weighted by Gasteiger charge is -2.17. The highest BCUT2D eigenvalue weighted by molar-refractivity contribution is 5.18. The molecule has 20 heavy (non-hydrogen) atoms. The smallest absolute Gasteiger partial charge is 0.233 e. The minimum absolute atomic E-state index is 0.149. The van der Waals surface area contributed by atoms with Gasteiger partial charge < -0.3 is 10.1 Å². The van der Waals surface area contributed by atoms with Crippen LogP contribution in [0.25, 0.3) is 0 Å². The topological polar surface area (TPSA) is 59.9 Å². The minimum Gasteiger partial charge on any atom is -0.480 e. The molecule has 0 saturated heterocycles. The van der Waals surface area contributed by atoms with Crippen LogP contribution in [0.1, 0.15) is 30.6 Å². The van der Waals surface area contributed by atoms with Crippen LogP contribution in [-0.4, -0.2) is 28.8 Å². The molecule has 2 rings (SSSR count). The van der Waals surface area contributed by atoms with Gasteiger partial charge in [-0.1, -0.05) is 6.92 Å². The van der Waals surface area contributed by atoms with E-state index in [1.54, 1.807) is 7.11 Å². The Labute approximate surface area is 119 Å². The van der Waals surface area contributed by atoms with Crippen molar-refractivity contribution in [2.75, 3.05) is 13.7 Å². The van der Waals surface area contributed by atoms with Gasteiger partial charge in [0.2, 0.25) is 5.88 Å². The molecule has 0 aromatic carbocycles. The highest BCUT2D eigenvalue weighted by Gasteiger charge is 2.13. The summed E-state index contributed by atoms with van der Waals surface area (Å²) < 4.78 is 5.05. The van der Waals surface area contributed by atoms with Crippen LogP contribution in [0.5, 0.6) is 5.88 Å². The van der Waals surface area contributed by atoms with E-state index in [0.717, 1.165) is 25.1 Å². The van der Waals surface area contributed by atoms with Crippen LogP contribution in [0.3, 0.4) is 0 Å². The summed E-state index contributed by atoms with van der Waals surface area (Å²) in [5.41, 5.74) is 2.15. The largest absolute Gasteiger partial charge is 0.480 e. The van der Waals surface area contributed by atoms with Crippen LogP contribution in [0, 0.1) is 0 Å². The van der Waals surface area contributed by atoms with Gasteiger partial charge in [0.15, 0.2) is 0 Å². The quantitative estimate of drug-likeness (QED) is 0.837. The number of pyridine rings is 1. The van der Waals surface area contributed by atoms with E-state index in [1.165, 1.54) is 5.56 Å². The van der Waals surface area contributed by atoms with E-state index >= 15 is 0 Å².